The number of carbonyl (C=O) groups excluding carboxylic acids is 1. The molecule has 1 aromatic heterocycles. The van der Waals surface area contributed by atoms with E-state index in [1.807, 2.05) is 29.2 Å². The van der Waals surface area contributed by atoms with Crippen molar-refractivity contribution in [3.05, 3.63) is 41.7 Å². The fourth-order valence-corrected chi connectivity index (χ4v) is 4.03. The van der Waals surface area contributed by atoms with Crippen molar-refractivity contribution >= 4 is 23.2 Å². The molecule has 1 fully saturated rings. The molecule has 0 saturated carbocycles. The summed E-state index contributed by atoms with van der Waals surface area (Å²) in [6, 6.07) is 7.71. The molecule has 1 saturated heterocycles. The number of likely N-dealkylation sites (N-methyl/N-ethyl adjacent to an activating group) is 1. The summed E-state index contributed by atoms with van der Waals surface area (Å²) in [5.74, 6) is 1.38. The minimum atomic E-state index is -0.439. The Labute approximate surface area is 164 Å². The quantitative estimate of drug-likeness (QED) is 0.707. The summed E-state index contributed by atoms with van der Waals surface area (Å²) in [7, 11) is 3.87. The van der Waals surface area contributed by atoms with Crippen molar-refractivity contribution in [2.24, 2.45) is 0 Å². The number of fused-ring (bicyclic) bond motifs is 1. The molecule has 28 heavy (non-hydrogen) atoms. The number of aromatic nitrogens is 2. The van der Waals surface area contributed by atoms with Crippen molar-refractivity contribution in [1.29, 1.82) is 0 Å². The van der Waals surface area contributed by atoms with E-state index in [0.717, 1.165) is 24.6 Å². The van der Waals surface area contributed by atoms with Gasteiger partial charge in [-0.15, -0.1) is 0 Å². The molecule has 1 aromatic carbocycles. The number of hydrogen-bond acceptors (Lipinski definition) is 7. The molecule has 0 bridgehead atoms. The van der Waals surface area contributed by atoms with Gasteiger partial charge in [0, 0.05) is 51.0 Å². The first-order valence-corrected chi connectivity index (χ1v) is 9.62. The van der Waals surface area contributed by atoms with Crippen LogP contribution in [-0.4, -0.2) is 66.9 Å². The summed E-state index contributed by atoms with van der Waals surface area (Å²) >= 11 is 0. The lowest BCUT2D eigenvalue weighted by Gasteiger charge is -2.25. The van der Waals surface area contributed by atoms with Gasteiger partial charge in [-0.05, 0) is 36.6 Å². The van der Waals surface area contributed by atoms with Gasteiger partial charge in [-0.1, -0.05) is 0 Å². The number of nitrogens with one attached hydrogen (secondary N) is 2. The molecule has 4 rings (SSSR count). The summed E-state index contributed by atoms with van der Waals surface area (Å²) < 4.78 is 0. The van der Waals surface area contributed by atoms with Crippen molar-refractivity contribution in [3.63, 3.8) is 0 Å². The molecule has 148 valence electrons. The van der Waals surface area contributed by atoms with Crippen LogP contribution in [0.15, 0.2) is 30.6 Å². The smallest absolute Gasteiger partial charge is 0.251 e. The normalized spacial score (nSPS) is 21.0. The summed E-state index contributed by atoms with van der Waals surface area (Å²) in [6.07, 6.45) is 2.62. The van der Waals surface area contributed by atoms with E-state index in [9.17, 15) is 9.90 Å². The Morgan fingerprint density at radius 1 is 1.32 bits per heavy atom. The fraction of sp³-hybridized carbons (Fsp3) is 0.450. The van der Waals surface area contributed by atoms with Crippen LogP contribution < -0.4 is 20.4 Å². The molecule has 0 radical (unpaired) electrons. The lowest BCUT2D eigenvalue weighted by molar-refractivity contribution is 0.0950. The second kappa shape index (κ2) is 7.63. The van der Waals surface area contributed by atoms with E-state index in [1.165, 1.54) is 17.6 Å². The van der Waals surface area contributed by atoms with Crippen LogP contribution in [0.25, 0.3) is 0 Å². The highest BCUT2D eigenvalue weighted by Crippen LogP contribution is 2.28. The maximum Gasteiger partial charge on any atom is 0.251 e. The number of benzene rings is 1. The number of anilines is 3. The molecular weight excluding hydrogens is 356 g/mol. The second-order valence-corrected chi connectivity index (χ2v) is 7.43. The van der Waals surface area contributed by atoms with Gasteiger partial charge < -0.3 is 25.5 Å². The number of carbonyl (C=O) groups is 1. The van der Waals surface area contributed by atoms with E-state index >= 15 is 0 Å². The summed E-state index contributed by atoms with van der Waals surface area (Å²) in [5.41, 5.74) is 3.10. The lowest BCUT2D eigenvalue weighted by Crippen LogP contribution is -2.40. The van der Waals surface area contributed by atoms with Gasteiger partial charge >= 0.3 is 0 Å². The maximum atomic E-state index is 12.7. The van der Waals surface area contributed by atoms with Crippen molar-refractivity contribution in [2.75, 3.05) is 48.8 Å². The monoisotopic (exact) mass is 382 g/mol. The molecule has 3 heterocycles. The first kappa shape index (κ1) is 18.5. The molecule has 3 N–H and O–H groups in total. The zero-order chi connectivity index (χ0) is 19.7. The van der Waals surface area contributed by atoms with E-state index in [1.54, 1.807) is 7.05 Å². The Hall–Kier alpha value is -2.87. The van der Waals surface area contributed by atoms with E-state index in [0.29, 0.717) is 25.1 Å². The Morgan fingerprint density at radius 3 is 3.00 bits per heavy atom. The molecule has 2 aliphatic rings. The van der Waals surface area contributed by atoms with E-state index in [4.69, 9.17) is 0 Å². The lowest BCUT2D eigenvalue weighted by atomic mass is 10.1. The Kier molecular flexibility index (Phi) is 5.04. The van der Waals surface area contributed by atoms with Crippen molar-refractivity contribution in [2.45, 2.75) is 25.0 Å². The maximum absolute atomic E-state index is 12.7. The zero-order valence-corrected chi connectivity index (χ0v) is 16.2. The number of hydrogen-bond donors (Lipinski definition) is 3. The van der Waals surface area contributed by atoms with Crippen LogP contribution in [0.4, 0.5) is 17.3 Å². The molecule has 8 nitrogen and oxygen atoms in total. The number of aliphatic hydroxyl groups is 1. The van der Waals surface area contributed by atoms with Gasteiger partial charge in [-0.2, -0.15) is 0 Å². The fourth-order valence-electron chi connectivity index (χ4n) is 4.03. The van der Waals surface area contributed by atoms with Gasteiger partial charge in [-0.3, -0.25) is 4.79 Å². The molecule has 2 aliphatic heterocycles. The van der Waals surface area contributed by atoms with Crippen LogP contribution in [0.1, 0.15) is 22.3 Å². The molecule has 2 aromatic rings. The van der Waals surface area contributed by atoms with Crippen LogP contribution in [0.2, 0.25) is 0 Å². The first-order chi connectivity index (χ1) is 13.5. The highest BCUT2D eigenvalue weighted by molar-refractivity contribution is 5.95. The molecule has 0 unspecified atom stereocenters. The third kappa shape index (κ3) is 3.60. The number of nitrogens with zero attached hydrogens (tertiary/aromatic N) is 4. The average Bonchev–Trinajstić information content (AvgIpc) is 3.28. The molecular formula is C20H26N6O2. The van der Waals surface area contributed by atoms with Crippen LogP contribution in [0.5, 0.6) is 0 Å². The van der Waals surface area contributed by atoms with Gasteiger partial charge in [0.25, 0.3) is 5.91 Å². The van der Waals surface area contributed by atoms with Crippen molar-refractivity contribution in [1.82, 2.24) is 15.3 Å². The summed E-state index contributed by atoms with van der Waals surface area (Å²) in [6.45, 7) is 1.93. The molecule has 0 aliphatic carbocycles. The van der Waals surface area contributed by atoms with Crippen LogP contribution in [0, 0.1) is 0 Å². The Bertz CT molecular complexity index is 874. The minimum absolute atomic E-state index is 0.0147. The summed E-state index contributed by atoms with van der Waals surface area (Å²) in [5, 5.41) is 16.2. The van der Waals surface area contributed by atoms with Gasteiger partial charge in [-0.25, -0.2) is 9.97 Å². The third-order valence-electron chi connectivity index (χ3n) is 5.56. The second-order valence-electron chi connectivity index (χ2n) is 7.43. The molecule has 8 heteroatoms. The van der Waals surface area contributed by atoms with Gasteiger partial charge in [0.15, 0.2) is 0 Å². The topological polar surface area (TPSA) is 93.6 Å². The Balaban J connectivity index is 1.43. The van der Waals surface area contributed by atoms with Crippen LogP contribution in [-0.2, 0) is 6.42 Å². The van der Waals surface area contributed by atoms with E-state index < -0.39 is 6.10 Å². The number of rotatable bonds is 5. The SMILES string of the molecule is CNc1cc(N2C[C@H](O)C[C@@H]2CNC(=O)c2ccc3c(c2)CCN3C)ncn1. The Morgan fingerprint density at radius 2 is 2.18 bits per heavy atom. The third-order valence-corrected chi connectivity index (χ3v) is 5.56. The average molecular weight is 382 g/mol. The zero-order valence-electron chi connectivity index (χ0n) is 16.2. The van der Waals surface area contributed by atoms with E-state index in [-0.39, 0.29) is 11.9 Å². The predicted octanol–water partition coefficient (Wildman–Crippen LogP) is 0.880. The van der Waals surface area contributed by atoms with Crippen molar-refractivity contribution < 1.29 is 9.90 Å². The number of β-amino-alcohol motifs (C(OH)–C–C–N with tert-alkyl or cyclic N) is 1. The highest BCUT2D eigenvalue weighted by Gasteiger charge is 2.32. The van der Waals surface area contributed by atoms with Gasteiger partial charge in [0.1, 0.15) is 18.0 Å². The molecule has 1 amide bonds. The van der Waals surface area contributed by atoms with Crippen LogP contribution >= 0.6 is 0 Å². The standard InChI is InChI=1S/C20H26N6O2/c1-21-18-9-19(24-12-23-18)26-11-16(27)8-15(26)10-22-20(28)14-3-4-17-13(7-14)5-6-25(17)2/h3-4,7,9,12,15-16,27H,5-6,8,10-11H2,1-2H3,(H,22,28)(H,21,23,24)/t15-,16-/m1/s1. The van der Waals surface area contributed by atoms with Crippen LogP contribution in [0.3, 0.4) is 0 Å². The number of amides is 1. The van der Waals surface area contributed by atoms with Crippen molar-refractivity contribution in [3.8, 4) is 0 Å². The minimum Gasteiger partial charge on any atom is -0.391 e. The first-order valence-electron chi connectivity index (χ1n) is 9.62. The molecule has 0 spiro atoms. The largest absolute Gasteiger partial charge is 0.391 e. The number of aliphatic hydroxyl groups excluding tert-OH is 1. The molecule has 2 atom stereocenters. The van der Waals surface area contributed by atoms with Gasteiger partial charge in [0.05, 0.1) is 12.1 Å². The summed E-state index contributed by atoms with van der Waals surface area (Å²) in [4.78, 5) is 25.4. The van der Waals surface area contributed by atoms with Gasteiger partial charge in [0.2, 0.25) is 0 Å². The highest BCUT2D eigenvalue weighted by atomic mass is 16.3. The predicted molar refractivity (Wildman–Crippen MR) is 109 cm³/mol. The van der Waals surface area contributed by atoms with E-state index in [2.05, 4.69) is 32.5 Å².